The Hall–Kier alpha value is -1.52. The van der Waals surface area contributed by atoms with Crippen LogP contribution in [0.2, 0.25) is 0 Å². The van der Waals surface area contributed by atoms with Crippen molar-refractivity contribution < 1.29 is 23.1 Å². The van der Waals surface area contributed by atoms with Gasteiger partial charge in [-0.25, -0.2) is 0 Å². The maximum Gasteiger partial charge on any atom is 0.449 e. The molecule has 0 aliphatic carbocycles. The van der Waals surface area contributed by atoms with Crippen LogP contribution in [0.5, 0.6) is 5.75 Å². The molecule has 1 aromatic rings. The molecule has 1 N–H and O–H groups in total. The number of phenolic OH excluding ortho intramolecular Hbond substituents is 1. The molecule has 16 heavy (non-hydrogen) atoms. The van der Waals surface area contributed by atoms with Crippen LogP contribution in [0.25, 0.3) is 0 Å². The number of benzene rings is 1. The largest absolute Gasteiger partial charge is 0.508 e. The highest BCUT2D eigenvalue weighted by atomic mass is 19.4. The van der Waals surface area contributed by atoms with Crippen LogP contribution in [-0.2, 0) is 4.79 Å². The van der Waals surface area contributed by atoms with Crippen LogP contribution in [0.1, 0.15) is 24.8 Å². The van der Waals surface area contributed by atoms with Crippen molar-refractivity contribution in [3.8, 4) is 5.75 Å². The van der Waals surface area contributed by atoms with Crippen LogP contribution in [-0.4, -0.2) is 17.1 Å². The van der Waals surface area contributed by atoms with Gasteiger partial charge in [0, 0.05) is 6.42 Å². The van der Waals surface area contributed by atoms with Gasteiger partial charge >= 0.3 is 6.18 Å². The summed E-state index contributed by atoms with van der Waals surface area (Å²) in [4.78, 5) is 10.8. The number of ketones is 1. The maximum absolute atomic E-state index is 12.0. The highest BCUT2D eigenvalue weighted by Gasteiger charge is 2.38. The molecule has 5 heteroatoms. The molecule has 0 saturated heterocycles. The van der Waals surface area contributed by atoms with E-state index in [-0.39, 0.29) is 5.75 Å². The quantitative estimate of drug-likeness (QED) is 0.869. The highest BCUT2D eigenvalue weighted by Crippen LogP contribution is 2.30. The first-order valence-electron chi connectivity index (χ1n) is 4.70. The van der Waals surface area contributed by atoms with Crippen LogP contribution in [0.4, 0.5) is 13.2 Å². The summed E-state index contributed by atoms with van der Waals surface area (Å²) in [5.74, 6) is -2.52. The Morgan fingerprint density at radius 3 is 2.44 bits per heavy atom. The molecule has 0 fully saturated rings. The van der Waals surface area contributed by atoms with Gasteiger partial charge in [0.15, 0.2) is 0 Å². The van der Waals surface area contributed by atoms with Gasteiger partial charge in [-0.15, -0.1) is 0 Å². The van der Waals surface area contributed by atoms with Crippen molar-refractivity contribution in [2.45, 2.75) is 25.4 Å². The minimum Gasteiger partial charge on any atom is -0.508 e. The molecule has 0 radical (unpaired) electrons. The minimum absolute atomic E-state index is 0.0926. The molecule has 1 rings (SSSR count). The second-order valence-corrected chi connectivity index (χ2v) is 3.58. The van der Waals surface area contributed by atoms with E-state index in [1.54, 1.807) is 12.1 Å². The predicted molar refractivity (Wildman–Crippen MR) is 52.2 cm³/mol. The third-order valence-corrected chi connectivity index (χ3v) is 2.28. The van der Waals surface area contributed by atoms with Gasteiger partial charge in [0.25, 0.3) is 0 Å². The van der Waals surface area contributed by atoms with Gasteiger partial charge in [-0.3, -0.25) is 4.79 Å². The van der Waals surface area contributed by atoms with Gasteiger partial charge < -0.3 is 5.11 Å². The van der Waals surface area contributed by atoms with E-state index in [1.807, 2.05) is 0 Å². The second kappa shape index (κ2) is 4.55. The van der Waals surface area contributed by atoms with Gasteiger partial charge in [-0.2, -0.15) is 13.2 Å². The first kappa shape index (κ1) is 12.5. The molecule has 0 amide bonds. The molecule has 0 saturated carbocycles. The van der Waals surface area contributed by atoms with E-state index in [1.165, 1.54) is 19.1 Å². The minimum atomic E-state index is -4.81. The number of carbonyl (C=O) groups excluding carboxylic acids is 1. The standard InChI is InChI=1S/C11H11F3O2/c1-7(6-10(16)11(12,13)14)8-4-2-3-5-9(8)15/h2-5,7,15H,6H2,1H3. The number of carbonyl (C=O) groups is 1. The van der Waals surface area contributed by atoms with E-state index in [0.29, 0.717) is 5.56 Å². The fourth-order valence-electron chi connectivity index (χ4n) is 1.41. The van der Waals surface area contributed by atoms with Gasteiger partial charge in [-0.05, 0) is 17.5 Å². The SMILES string of the molecule is CC(CC(=O)C(F)(F)F)c1ccccc1O. The summed E-state index contributed by atoms with van der Waals surface area (Å²) >= 11 is 0. The molecule has 88 valence electrons. The Balaban J connectivity index is 2.78. The zero-order chi connectivity index (χ0) is 12.3. The molecule has 2 nitrogen and oxygen atoms in total. The van der Waals surface area contributed by atoms with Gasteiger partial charge in [0.2, 0.25) is 5.78 Å². The molecule has 1 aromatic carbocycles. The molecule has 0 aliphatic heterocycles. The zero-order valence-electron chi connectivity index (χ0n) is 8.58. The molecule has 1 atom stereocenters. The topological polar surface area (TPSA) is 37.3 Å². The molecule has 0 heterocycles. The molecule has 1 unspecified atom stereocenters. The Morgan fingerprint density at radius 2 is 1.94 bits per heavy atom. The number of para-hydroxylation sites is 1. The van der Waals surface area contributed by atoms with Crippen LogP contribution in [0, 0.1) is 0 Å². The lowest BCUT2D eigenvalue weighted by molar-refractivity contribution is -0.171. The number of phenols is 1. The summed E-state index contributed by atoms with van der Waals surface area (Å²) < 4.78 is 36.0. The van der Waals surface area contributed by atoms with Crippen molar-refractivity contribution in [1.82, 2.24) is 0 Å². The monoisotopic (exact) mass is 232 g/mol. The van der Waals surface area contributed by atoms with Gasteiger partial charge in [-0.1, -0.05) is 25.1 Å². The first-order chi connectivity index (χ1) is 7.32. The Kier molecular flexibility index (Phi) is 3.57. The Bertz CT molecular complexity index is 385. The third-order valence-electron chi connectivity index (χ3n) is 2.28. The number of hydrogen-bond donors (Lipinski definition) is 1. The summed E-state index contributed by atoms with van der Waals surface area (Å²) in [6, 6.07) is 6.05. The van der Waals surface area contributed by atoms with E-state index >= 15 is 0 Å². The number of Topliss-reactive ketones (excluding diaryl/α,β-unsaturated/α-hetero) is 1. The van der Waals surface area contributed by atoms with Crippen LogP contribution in [0.3, 0.4) is 0 Å². The van der Waals surface area contributed by atoms with Crippen LogP contribution >= 0.6 is 0 Å². The molecular weight excluding hydrogens is 221 g/mol. The summed E-state index contributed by atoms with van der Waals surface area (Å²) in [5.41, 5.74) is 0.347. The Morgan fingerprint density at radius 1 is 1.38 bits per heavy atom. The number of halogens is 3. The molecule has 0 bridgehead atoms. The van der Waals surface area contributed by atoms with Crippen molar-refractivity contribution >= 4 is 5.78 Å². The molecule has 0 aromatic heterocycles. The van der Waals surface area contributed by atoms with Crippen molar-refractivity contribution in [2.24, 2.45) is 0 Å². The zero-order valence-corrected chi connectivity index (χ0v) is 8.58. The average Bonchev–Trinajstić information content (AvgIpc) is 2.16. The molecule has 0 spiro atoms. The lowest BCUT2D eigenvalue weighted by Crippen LogP contribution is -2.24. The first-order valence-corrected chi connectivity index (χ1v) is 4.70. The van der Waals surface area contributed by atoms with Gasteiger partial charge in [0.1, 0.15) is 5.75 Å². The van der Waals surface area contributed by atoms with E-state index < -0.39 is 24.3 Å². The van der Waals surface area contributed by atoms with E-state index in [9.17, 15) is 23.1 Å². The lowest BCUT2D eigenvalue weighted by Gasteiger charge is -2.13. The summed E-state index contributed by atoms with van der Waals surface area (Å²) in [7, 11) is 0. The number of hydrogen-bond acceptors (Lipinski definition) is 2. The second-order valence-electron chi connectivity index (χ2n) is 3.58. The van der Waals surface area contributed by atoms with E-state index in [4.69, 9.17) is 0 Å². The summed E-state index contributed by atoms with van der Waals surface area (Å²) in [5, 5.41) is 9.40. The number of aromatic hydroxyl groups is 1. The predicted octanol–water partition coefficient (Wildman–Crippen LogP) is 3.02. The van der Waals surface area contributed by atoms with Crippen molar-refractivity contribution in [1.29, 1.82) is 0 Å². The average molecular weight is 232 g/mol. The summed E-state index contributed by atoms with van der Waals surface area (Å²) in [6.45, 7) is 1.47. The van der Waals surface area contributed by atoms with Gasteiger partial charge in [0.05, 0.1) is 0 Å². The third kappa shape index (κ3) is 2.98. The highest BCUT2D eigenvalue weighted by molar-refractivity contribution is 5.84. The van der Waals surface area contributed by atoms with Crippen molar-refractivity contribution in [2.75, 3.05) is 0 Å². The fourth-order valence-corrected chi connectivity index (χ4v) is 1.41. The molecular formula is C11H11F3O2. The van der Waals surface area contributed by atoms with E-state index in [0.717, 1.165) is 0 Å². The van der Waals surface area contributed by atoms with Crippen LogP contribution < -0.4 is 0 Å². The fraction of sp³-hybridized carbons (Fsp3) is 0.364. The number of rotatable bonds is 3. The lowest BCUT2D eigenvalue weighted by atomic mass is 9.95. The summed E-state index contributed by atoms with van der Waals surface area (Å²) in [6.07, 6.45) is -5.46. The normalized spacial score (nSPS) is 13.5. The van der Waals surface area contributed by atoms with Crippen molar-refractivity contribution in [3.05, 3.63) is 29.8 Å². The smallest absolute Gasteiger partial charge is 0.449 e. The van der Waals surface area contributed by atoms with E-state index in [2.05, 4.69) is 0 Å². The van der Waals surface area contributed by atoms with Crippen LogP contribution in [0.15, 0.2) is 24.3 Å². The Labute approximate surface area is 90.7 Å². The maximum atomic E-state index is 12.0. The number of alkyl halides is 3. The molecule has 0 aliphatic rings. The van der Waals surface area contributed by atoms with Crippen molar-refractivity contribution in [3.63, 3.8) is 0 Å².